The van der Waals surface area contributed by atoms with E-state index in [2.05, 4.69) is 5.32 Å². The van der Waals surface area contributed by atoms with Gasteiger partial charge in [0.2, 0.25) is 0 Å². The Hall–Kier alpha value is -1.60. The molecule has 1 unspecified atom stereocenters. The smallest absolute Gasteiger partial charge is 0.275 e. The molecule has 0 aliphatic carbocycles. The molecule has 1 aromatic carbocycles. The second kappa shape index (κ2) is 7.11. The van der Waals surface area contributed by atoms with E-state index in [-0.39, 0.29) is 23.5 Å². The van der Waals surface area contributed by atoms with Crippen LogP contribution in [0.25, 0.3) is 0 Å². The Morgan fingerprint density at radius 2 is 2.05 bits per heavy atom. The van der Waals surface area contributed by atoms with Crippen LogP contribution in [-0.2, 0) is 21.2 Å². The molecule has 1 aromatic rings. The van der Waals surface area contributed by atoms with Gasteiger partial charge in [0.25, 0.3) is 5.91 Å². The van der Waals surface area contributed by atoms with Gasteiger partial charge in [-0.1, -0.05) is 0 Å². The summed E-state index contributed by atoms with van der Waals surface area (Å²) >= 11 is 0. The third kappa shape index (κ3) is 4.99. The minimum atomic E-state index is -2.96. The maximum Gasteiger partial charge on any atom is 0.275 e. The zero-order chi connectivity index (χ0) is 16.2. The molecular weight excluding hydrogens is 304 g/mol. The normalized spacial score (nSPS) is 21.3. The van der Waals surface area contributed by atoms with Crippen LogP contribution in [0.5, 0.6) is 5.75 Å². The van der Waals surface area contributed by atoms with Crippen LogP contribution in [0.2, 0.25) is 0 Å². The second-order valence-electron chi connectivity index (χ2n) is 5.83. The fourth-order valence-electron chi connectivity index (χ4n) is 2.62. The number of nitrogens with one attached hydrogen (secondary N) is 2. The van der Waals surface area contributed by atoms with Crippen molar-refractivity contribution in [1.29, 1.82) is 0 Å². The summed E-state index contributed by atoms with van der Waals surface area (Å²) in [5, 5.41) is 2.81. The van der Waals surface area contributed by atoms with Crippen LogP contribution in [0.15, 0.2) is 24.3 Å². The molecule has 0 spiro atoms. The molecule has 6 nitrogen and oxygen atoms in total. The van der Waals surface area contributed by atoms with Crippen LogP contribution in [0.3, 0.4) is 0 Å². The molecule has 1 saturated heterocycles. The van der Waals surface area contributed by atoms with Gasteiger partial charge in [-0.2, -0.15) is 0 Å². The van der Waals surface area contributed by atoms with Crippen molar-refractivity contribution in [3.63, 3.8) is 0 Å². The molecule has 0 bridgehead atoms. The highest BCUT2D eigenvalue weighted by atomic mass is 32.2. The van der Waals surface area contributed by atoms with Crippen molar-refractivity contribution in [2.45, 2.75) is 19.0 Å². The molecule has 1 heterocycles. The molecule has 122 valence electrons. The maximum absolute atomic E-state index is 12.0. The Bertz CT molecular complexity index is 613. The highest BCUT2D eigenvalue weighted by molar-refractivity contribution is 7.91. The van der Waals surface area contributed by atoms with E-state index in [9.17, 15) is 13.2 Å². The molecule has 2 rings (SSSR count). The van der Waals surface area contributed by atoms with E-state index in [1.54, 1.807) is 7.11 Å². The summed E-state index contributed by atoms with van der Waals surface area (Å²) in [7, 11) is 0.607. The van der Waals surface area contributed by atoms with Gasteiger partial charge in [-0.05, 0) is 30.7 Å². The number of ether oxygens (including phenoxy) is 1. The van der Waals surface area contributed by atoms with Crippen molar-refractivity contribution >= 4 is 15.7 Å². The van der Waals surface area contributed by atoms with Crippen molar-refractivity contribution in [3.05, 3.63) is 29.8 Å². The Balaban J connectivity index is 1.78. The highest BCUT2D eigenvalue weighted by Crippen LogP contribution is 2.11. The van der Waals surface area contributed by atoms with E-state index in [4.69, 9.17) is 4.74 Å². The summed E-state index contributed by atoms with van der Waals surface area (Å²) in [5.74, 6) is 0.942. The van der Waals surface area contributed by atoms with Gasteiger partial charge in [-0.25, -0.2) is 8.42 Å². The van der Waals surface area contributed by atoms with E-state index in [1.165, 1.54) is 0 Å². The highest BCUT2D eigenvalue weighted by Gasteiger charge is 2.29. The third-order valence-corrected chi connectivity index (χ3v) is 5.49. The van der Waals surface area contributed by atoms with Gasteiger partial charge < -0.3 is 15.0 Å². The first-order chi connectivity index (χ1) is 10.4. The van der Waals surface area contributed by atoms with Gasteiger partial charge in [0.1, 0.15) is 12.3 Å². The number of carbonyl (C=O) groups is 1. The van der Waals surface area contributed by atoms with Crippen molar-refractivity contribution in [3.8, 4) is 5.75 Å². The predicted octanol–water partition coefficient (Wildman–Crippen LogP) is -0.987. The summed E-state index contributed by atoms with van der Waals surface area (Å²) in [6.07, 6.45) is 0.519. The predicted molar refractivity (Wildman–Crippen MR) is 83.7 cm³/mol. The average molecular weight is 327 g/mol. The number of sulfone groups is 1. The van der Waals surface area contributed by atoms with Gasteiger partial charge >= 0.3 is 0 Å². The molecule has 2 atom stereocenters. The number of carbonyl (C=O) groups excluding carboxylic acids is 1. The lowest BCUT2D eigenvalue weighted by Gasteiger charge is -2.16. The van der Waals surface area contributed by atoms with Crippen LogP contribution in [-0.4, -0.2) is 52.6 Å². The molecule has 0 aromatic heterocycles. The van der Waals surface area contributed by atoms with Gasteiger partial charge in [0, 0.05) is 11.6 Å². The zero-order valence-corrected chi connectivity index (χ0v) is 13.8. The minimum Gasteiger partial charge on any atom is -0.497 e. The minimum absolute atomic E-state index is 0.0657. The molecule has 1 aliphatic heterocycles. The first-order valence-corrected chi connectivity index (χ1v) is 9.14. The van der Waals surface area contributed by atoms with Crippen LogP contribution >= 0.6 is 0 Å². The lowest BCUT2D eigenvalue weighted by Crippen LogP contribution is -3.09. The molecule has 22 heavy (non-hydrogen) atoms. The second-order valence-corrected chi connectivity index (χ2v) is 8.05. The Morgan fingerprint density at radius 3 is 2.59 bits per heavy atom. The molecular formula is C15H23N2O4S+. The number of hydrogen-bond donors (Lipinski definition) is 2. The third-order valence-electron chi connectivity index (χ3n) is 3.72. The average Bonchev–Trinajstić information content (AvgIpc) is 2.78. The van der Waals surface area contributed by atoms with Crippen molar-refractivity contribution in [2.24, 2.45) is 0 Å². The van der Waals surface area contributed by atoms with Crippen LogP contribution in [0.1, 0.15) is 12.0 Å². The lowest BCUT2D eigenvalue weighted by molar-refractivity contribution is -0.885. The number of amides is 1. The molecule has 1 aliphatic rings. The number of methoxy groups -OCH3 is 1. The van der Waals surface area contributed by atoms with E-state index in [1.807, 2.05) is 31.3 Å². The fourth-order valence-corrected chi connectivity index (χ4v) is 4.29. The first-order valence-electron chi connectivity index (χ1n) is 7.32. The van der Waals surface area contributed by atoms with E-state index >= 15 is 0 Å². The largest absolute Gasteiger partial charge is 0.497 e. The van der Waals surface area contributed by atoms with Crippen molar-refractivity contribution < 1.29 is 22.8 Å². The zero-order valence-electron chi connectivity index (χ0n) is 13.0. The summed E-state index contributed by atoms with van der Waals surface area (Å²) in [4.78, 5) is 13.0. The van der Waals surface area contributed by atoms with Gasteiger partial charge in [-0.3, -0.25) is 4.79 Å². The molecule has 0 radical (unpaired) electrons. The lowest BCUT2D eigenvalue weighted by atomic mass is 10.2. The number of rotatable bonds is 6. The molecule has 2 N–H and O–H groups in total. The SMILES string of the molecule is COc1ccc(C[NH+](C)CC(=O)N[C@@H]2CCS(=O)(=O)C2)cc1. The van der Waals surface area contributed by atoms with E-state index in [0.717, 1.165) is 22.8 Å². The standard InChI is InChI=1S/C15H22N2O4S/c1-17(9-12-3-5-14(21-2)6-4-12)10-15(18)16-13-7-8-22(19,20)11-13/h3-6,13H,7-11H2,1-2H3,(H,16,18)/p+1/t13-/m1/s1. The van der Waals surface area contributed by atoms with Crippen molar-refractivity contribution in [2.75, 3.05) is 32.2 Å². The van der Waals surface area contributed by atoms with Gasteiger partial charge in [-0.15, -0.1) is 0 Å². The van der Waals surface area contributed by atoms with Crippen molar-refractivity contribution in [1.82, 2.24) is 5.32 Å². The number of likely N-dealkylation sites (N-methyl/N-ethyl adjacent to an activating group) is 1. The monoisotopic (exact) mass is 327 g/mol. The van der Waals surface area contributed by atoms with E-state index in [0.29, 0.717) is 13.0 Å². The number of hydrogen-bond acceptors (Lipinski definition) is 4. The molecule has 1 fully saturated rings. The Kier molecular flexibility index (Phi) is 5.42. The van der Waals surface area contributed by atoms with Gasteiger partial charge in [0.05, 0.1) is 25.7 Å². The van der Waals surface area contributed by atoms with Crippen LogP contribution < -0.4 is 15.0 Å². The first kappa shape index (κ1) is 16.8. The number of quaternary nitrogens is 1. The van der Waals surface area contributed by atoms with Crippen LogP contribution in [0, 0.1) is 0 Å². The molecule has 7 heteroatoms. The summed E-state index contributed by atoms with van der Waals surface area (Å²) < 4.78 is 27.9. The Labute approximate surface area is 131 Å². The molecule has 1 amide bonds. The summed E-state index contributed by atoms with van der Waals surface area (Å²) in [6, 6.07) is 7.51. The summed E-state index contributed by atoms with van der Waals surface area (Å²) in [6.45, 7) is 1.04. The molecule has 0 saturated carbocycles. The van der Waals surface area contributed by atoms with E-state index < -0.39 is 9.84 Å². The number of benzene rings is 1. The van der Waals surface area contributed by atoms with Crippen LogP contribution in [0.4, 0.5) is 0 Å². The quantitative estimate of drug-likeness (QED) is 0.704. The van der Waals surface area contributed by atoms with Gasteiger partial charge in [0.15, 0.2) is 16.4 Å². The fraction of sp³-hybridized carbons (Fsp3) is 0.533. The Morgan fingerprint density at radius 1 is 1.36 bits per heavy atom. The topological polar surface area (TPSA) is 76.9 Å². The summed E-state index contributed by atoms with van der Waals surface area (Å²) in [5.41, 5.74) is 1.12. The maximum atomic E-state index is 12.0.